The molecule has 40 heavy (non-hydrogen) atoms. The number of azide groups is 1. The van der Waals surface area contributed by atoms with Crippen molar-refractivity contribution < 1.29 is 75.1 Å². The van der Waals surface area contributed by atoms with E-state index in [0.717, 1.165) is 0 Å². The highest BCUT2D eigenvalue weighted by Gasteiger charge is 2.47. The summed E-state index contributed by atoms with van der Waals surface area (Å²) in [7, 11) is 1.56. The van der Waals surface area contributed by atoms with Gasteiger partial charge >= 0.3 is 0 Å². The van der Waals surface area contributed by atoms with Gasteiger partial charge in [0.1, 0.15) is 67.1 Å². The van der Waals surface area contributed by atoms with Gasteiger partial charge in [0.15, 0.2) is 12.6 Å². The van der Waals surface area contributed by atoms with Gasteiger partial charge in [-0.3, -0.25) is 0 Å². The van der Waals surface area contributed by atoms with Crippen LogP contribution in [0.15, 0.2) is 5.11 Å². The molecule has 1 unspecified atom stereocenters. The van der Waals surface area contributed by atoms with Gasteiger partial charge in [-0.1, -0.05) is 5.11 Å². The minimum atomic E-state index is -1.91. The van der Waals surface area contributed by atoms with E-state index in [0.29, 0.717) is 0 Å². The fourth-order valence-corrected chi connectivity index (χ4v) is 4.11. The van der Waals surface area contributed by atoms with Gasteiger partial charge in [-0.05, 0) is 12.6 Å². The molecule has 2 rings (SSSR count). The van der Waals surface area contributed by atoms with Crippen molar-refractivity contribution in [2.75, 3.05) is 46.5 Å². The number of likely N-dealkylation sites (N-methyl/N-ethyl adjacent to an activating group) is 1. The predicted octanol–water partition coefficient (Wildman–Crippen LogP) is -6.69. The zero-order valence-electron chi connectivity index (χ0n) is 21.7. The number of hydrogen-bond donors (Lipinski definition) is 11. The topological polar surface area (TPSA) is 311 Å². The lowest BCUT2D eigenvalue weighted by Gasteiger charge is -2.42. The van der Waals surface area contributed by atoms with E-state index in [4.69, 9.17) is 24.5 Å². The molecule has 14 atom stereocenters. The van der Waals surface area contributed by atoms with Crippen molar-refractivity contribution in [1.29, 1.82) is 0 Å². The summed E-state index contributed by atoms with van der Waals surface area (Å²) in [5, 5.41) is 114. The van der Waals surface area contributed by atoms with E-state index in [1.54, 1.807) is 7.05 Å². The summed E-state index contributed by atoms with van der Waals surface area (Å²) in [5.74, 6) is 0. The average molecular weight is 589 g/mol. The Kier molecular flexibility index (Phi) is 14.2. The maximum Gasteiger partial charge on any atom is 0.186 e. The molecular formula is C21H40N4O15. The van der Waals surface area contributed by atoms with Crippen LogP contribution in [0.1, 0.15) is 0 Å². The number of hydrogen-bond acceptors (Lipinski definition) is 17. The fourth-order valence-electron chi connectivity index (χ4n) is 4.11. The van der Waals surface area contributed by atoms with Gasteiger partial charge in [0.05, 0.1) is 25.9 Å². The Labute approximate surface area is 228 Å². The molecule has 2 heterocycles. The van der Waals surface area contributed by atoms with Crippen LogP contribution in [0.25, 0.3) is 10.4 Å². The molecule has 19 heteroatoms. The summed E-state index contributed by atoms with van der Waals surface area (Å²) in [4.78, 5) is 4.11. The monoisotopic (exact) mass is 588 g/mol. The first-order valence-electron chi connectivity index (χ1n) is 12.5. The molecule has 0 aliphatic carbocycles. The standard InChI is InChI=1S/C21H40N4O15/c1-25(3-2-23-24-22)4-8(27)12(29)13(30)9(28)6-37-20-19(36)17(34)15(32)11(40-20)7-38-21-18(35)16(33)14(31)10(5-26)39-21/h8-21,26-36H,2-7H2,1H3/t8?,9-,10-,11-,12-,13-,14-,15-,16+,17+,18-,19-,20-,21-/m1/s1. The van der Waals surface area contributed by atoms with Crippen LogP contribution < -0.4 is 0 Å². The molecule has 0 radical (unpaired) electrons. The molecule has 0 bridgehead atoms. The molecule has 2 saturated heterocycles. The van der Waals surface area contributed by atoms with Crippen LogP contribution >= 0.6 is 0 Å². The Balaban J connectivity index is 1.90. The SMILES string of the molecule is CN(CCN=[N+]=[N-])CC(O)[C@@H](O)[C@H](O)[C@H](O)CO[C@@H]1O[C@H](CO[C@@H]2O[C@H](CO)[C@@H](O)[C@H](O)[C@H]2O)[C@@H](O)[C@H](O)[C@H]1O. The van der Waals surface area contributed by atoms with Crippen molar-refractivity contribution in [2.24, 2.45) is 5.11 Å². The Bertz CT molecular complexity index is 795. The minimum absolute atomic E-state index is 0.105. The smallest absolute Gasteiger partial charge is 0.186 e. The van der Waals surface area contributed by atoms with E-state index in [1.165, 1.54) is 4.90 Å². The molecule has 0 saturated carbocycles. The summed E-state index contributed by atoms with van der Waals surface area (Å²) in [6, 6.07) is 0. The molecule has 11 N–H and O–H groups in total. The molecule has 19 nitrogen and oxygen atoms in total. The second-order valence-electron chi connectivity index (χ2n) is 9.71. The fraction of sp³-hybridized carbons (Fsp3) is 1.00. The zero-order chi connectivity index (χ0) is 30.1. The van der Waals surface area contributed by atoms with Crippen LogP contribution in [0, 0.1) is 0 Å². The third-order valence-corrected chi connectivity index (χ3v) is 6.66. The normalized spacial score (nSPS) is 37.9. The molecule has 0 spiro atoms. The Morgan fingerprint density at radius 2 is 1.32 bits per heavy atom. The lowest BCUT2D eigenvalue weighted by Crippen LogP contribution is -2.62. The van der Waals surface area contributed by atoms with E-state index >= 15 is 0 Å². The summed E-state index contributed by atoms with van der Waals surface area (Å²) in [5.41, 5.74) is 8.29. The first kappa shape index (κ1) is 34.9. The van der Waals surface area contributed by atoms with E-state index in [1.807, 2.05) is 0 Å². The number of rotatable bonds is 15. The maximum absolute atomic E-state index is 10.3. The van der Waals surface area contributed by atoms with E-state index < -0.39 is 106 Å². The van der Waals surface area contributed by atoms with Crippen molar-refractivity contribution >= 4 is 0 Å². The van der Waals surface area contributed by atoms with E-state index in [2.05, 4.69) is 10.0 Å². The molecule has 0 amide bonds. The van der Waals surface area contributed by atoms with Crippen LogP contribution in [0.5, 0.6) is 0 Å². The van der Waals surface area contributed by atoms with Crippen molar-refractivity contribution in [2.45, 2.75) is 85.8 Å². The Morgan fingerprint density at radius 3 is 1.90 bits per heavy atom. The second kappa shape index (κ2) is 16.3. The Hall–Kier alpha value is -1.33. The maximum atomic E-state index is 10.3. The summed E-state index contributed by atoms with van der Waals surface area (Å²) >= 11 is 0. The molecule has 234 valence electrons. The number of nitrogens with zero attached hydrogens (tertiary/aromatic N) is 4. The minimum Gasteiger partial charge on any atom is -0.394 e. The summed E-state index contributed by atoms with van der Waals surface area (Å²) < 4.78 is 21.1. The van der Waals surface area contributed by atoms with Crippen molar-refractivity contribution in [1.82, 2.24) is 4.90 Å². The Morgan fingerprint density at radius 1 is 0.800 bits per heavy atom. The number of aliphatic hydroxyl groups is 11. The van der Waals surface area contributed by atoms with Gasteiger partial charge in [-0.25, -0.2) is 0 Å². The van der Waals surface area contributed by atoms with E-state index in [9.17, 15) is 56.2 Å². The van der Waals surface area contributed by atoms with Crippen LogP contribution in [-0.2, 0) is 18.9 Å². The average Bonchev–Trinajstić information content (AvgIpc) is 2.93. The molecule has 0 aromatic heterocycles. The van der Waals surface area contributed by atoms with Gasteiger partial charge in [-0.15, -0.1) is 0 Å². The third kappa shape index (κ3) is 9.08. The van der Waals surface area contributed by atoms with Crippen LogP contribution in [0.4, 0.5) is 0 Å². The summed E-state index contributed by atoms with van der Waals surface area (Å²) in [6.07, 6.45) is -23.5. The first-order chi connectivity index (χ1) is 18.8. The summed E-state index contributed by atoms with van der Waals surface area (Å²) in [6.45, 7) is -1.85. The quantitative estimate of drug-likeness (QED) is 0.0481. The van der Waals surface area contributed by atoms with Crippen LogP contribution in [-0.4, -0.2) is 193 Å². The molecule has 0 aromatic rings. The van der Waals surface area contributed by atoms with Gasteiger partial charge in [0.25, 0.3) is 0 Å². The second-order valence-corrected chi connectivity index (χ2v) is 9.71. The highest BCUT2D eigenvalue weighted by Crippen LogP contribution is 2.26. The highest BCUT2D eigenvalue weighted by atomic mass is 16.7. The highest BCUT2D eigenvalue weighted by molar-refractivity contribution is 4.92. The van der Waals surface area contributed by atoms with Crippen molar-refractivity contribution in [3.8, 4) is 0 Å². The van der Waals surface area contributed by atoms with Crippen LogP contribution in [0.3, 0.4) is 0 Å². The van der Waals surface area contributed by atoms with Crippen molar-refractivity contribution in [3.63, 3.8) is 0 Å². The van der Waals surface area contributed by atoms with Gasteiger partial charge in [0, 0.05) is 24.5 Å². The largest absolute Gasteiger partial charge is 0.394 e. The van der Waals surface area contributed by atoms with Gasteiger partial charge < -0.3 is 80.0 Å². The van der Waals surface area contributed by atoms with Gasteiger partial charge in [0.2, 0.25) is 0 Å². The molecule has 0 aromatic carbocycles. The predicted molar refractivity (Wildman–Crippen MR) is 128 cm³/mol. The third-order valence-electron chi connectivity index (χ3n) is 6.66. The van der Waals surface area contributed by atoms with E-state index in [-0.39, 0.29) is 19.6 Å². The molecule has 2 fully saturated rings. The molecule has 2 aliphatic rings. The number of ether oxygens (including phenoxy) is 4. The van der Waals surface area contributed by atoms with Crippen LogP contribution in [0.2, 0.25) is 0 Å². The van der Waals surface area contributed by atoms with Crippen molar-refractivity contribution in [3.05, 3.63) is 10.4 Å². The number of aliphatic hydroxyl groups excluding tert-OH is 11. The molecular weight excluding hydrogens is 548 g/mol. The zero-order valence-corrected chi connectivity index (χ0v) is 21.7. The molecule has 2 aliphatic heterocycles. The van der Waals surface area contributed by atoms with Gasteiger partial charge in [-0.2, -0.15) is 0 Å². The first-order valence-corrected chi connectivity index (χ1v) is 12.5. The lowest BCUT2D eigenvalue weighted by atomic mass is 9.98. The lowest BCUT2D eigenvalue weighted by molar-refractivity contribution is -0.333.